The van der Waals surface area contributed by atoms with Crippen LogP contribution in [0.25, 0.3) is 0 Å². The van der Waals surface area contributed by atoms with E-state index in [0.29, 0.717) is 5.92 Å². The first-order valence-corrected chi connectivity index (χ1v) is 7.80. The lowest BCUT2D eigenvalue weighted by atomic mass is 9.75. The van der Waals surface area contributed by atoms with E-state index in [2.05, 4.69) is 73.6 Å². The molecule has 0 bridgehead atoms. The van der Waals surface area contributed by atoms with Crippen LogP contribution >= 0.6 is 0 Å². The molecule has 0 amide bonds. The summed E-state index contributed by atoms with van der Waals surface area (Å²) in [4.78, 5) is 0. The van der Waals surface area contributed by atoms with Crippen LogP contribution < -0.4 is 0 Å². The van der Waals surface area contributed by atoms with Crippen molar-refractivity contribution in [1.82, 2.24) is 0 Å². The van der Waals surface area contributed by atoms with Gasteiger partial charge in [0.25, 0.3) is 0 Å². The van der Waals surface area contributed by atoms with Gasteiger partial charge in [0.05, 0.1) is 0 Å². The van der Waals surface area contributed by atoms with Gasteiger partial charge in [-0.15, -0.1) is 0 Å². The molecule has 0 aliphatic heterocycles. The van der Waals surface area contributed by atoms with Crippen molar-refractivity contribution in [2.45, 2.75) is 85.0 Å². The smallest absolute Gasteiger partial charge is 0.0106 e. The van der Waals surface area contributed by atoms with Gasteiger partial charge in [-0.25, -0.2) is 0 Å². The molecule has 0 saturated carbocycles. The summed E-state index contributed by atoms with van der Waals surface area (Å²) < 4.78 is 0. The monoisotopic (exact) mass is 260 g/mol. The fraction of sp³-hybridized carbons (Fsp3) is 0.684. The molecule has 0 atom stereocenters. The van der Waals surface area contributed by atoms with Gasteiger partial charge >= 0.3 is 0 Å². The van der Waals surface area contributed by atoms with Crippen LogP contribution in [-0.2, 0) is 10.8 Å². The maximum atomic E-state index is 2.44. The largest absolute Gasteiger partial charge is 0.0646 e. The Labute approximate surface area is 120 Å². The van der Waals surface area contributed by atoms with Crippen LogP contribution in [-0.4, -0.2) is 0 Å². The van der Waals surface area contributed by atoms with Crippen molar-refractivity contribution in [1.29, 1.82) is 0 Å². The second-order valence-electron chi connectivity index (χ2n) is 7.47. The molecular weight excluding hydrogens is 228 g/mol. The minimum absolute atomic E-state index is 0.267. The van der Waals surface area contributed by atoms with E-state index in [9.17, 15) is 0 Å². The highest BCUT2D eigenvalue weighted by atomic mass is 14.3. The number of rotatable bonds is 5. The first-order valence-electron chi connectivity index (χ1n) is 7.80. The number of hydrogen-bond acceptors (Lipinski definition) is 0. The van der Waals surface area contributed by atoms with Gasteiger partial charge in [0.15, 0.2) is 0 Å². The van der Waals surface area contributed by atoms with Crippen molar-refractivity contribution in [2.75, 3.05) is 0 Å². The van der Waals surface area contributed by atoms with Gasteiger partial charge in [-0.3, -0.25) is 0 Å². The second kappa shape index (κ2) is 5.69. The summed E-state index contributed by atoms with van der Waals surface area (Å²) in [6.07, 6.45) is 2.36. The SMILES string of the molecule is CCC(C)(C)c1cc(C(C)C)cc(C(C)(C)CC)c1. The Kier molecular flexibility index (Phi) is 4.87. The van der Waals surface area contributed by atoms with E-state index in [1.165, 1.54) is 29.5 Å². The molecule has 19 heavy (non-hydrogen) atoms. The van der Waals surface area contributed by atoms with E-state index in [-0.39, 0.29) is 10.8 Å². The van der Waals surface area contributed by atoms with E-state index in [4.69, 9.17) is 0 Å². The van der Waals surface area contributed by atoms with Crippen LogP contribution in [0.15, 0.2) is 18.2 Å². The zero-order valence-corrected chi connectivity index (χ0v) is 14.2. The molecule has 1 aromatic carbocycles. The Morgan fingerprint density at radius 2 is 1.16 bits per heavy atom. The Morgan fingerprint density at radius 1 is 0.789 bits per heavy atom. The van der Waals surface area contributed by atoms with E-state index in [0.717, 1.165) is 0 Å². The van der Waals surface area contributed by atoms with Crippen molar-refractivity contribution >= 4 is 0 Å². The number of hydrogen-bond donors (Lipinski definition) is 0. The third-order valence-electron chi connectivity index (χ3n) is 4.95. The summed E-state index contributed by atoms with van der Waals surface area (Å²) in [6.45, 7) is 18.6. The average Bonchev–Trinajstić information content (AvgIpc) is 2.38. The zero-order chi connectivity index (χ0) is 14.8. The van der Waals surface area contributed by atoms with Crippen LogP contribution in [0.1, 0.15) is 90.8 Å². The van der Waals surface area contributed by atoms with E-state index in [1.54, 1.807) is 0 Å². The minimum Gasteiger partial charge on any atom is -0.0646 e. The van der Waals surface area contributed by atoms with Gasteiger partial charge < -0.3 is 0 Å². The van der Waals surface area contributed by atoms with Crippen LogP contribution in [0.2, 0.25) is 0 Å². The van der Waals surface area contributed by atoms with Gasteiger partial charge in [-0.2, -0.15) is 0 Å². The summed E-state index contributed by atoms with van der Waals surface area (Å²) >= 11 is 0. The molecule has 0 saturated heterocycles. The minimum atomic E-state index is 0.267. The van der Waals surface area contributed by atoms with Gasteiger partial charge in [-0.05, 0) is 46.3 Å². The van der Waals surface area contributed by atoms with Crippen LogP contribution in [0.4, 0.5) is 0 Å². The second-order valence-corrected chi connectivity index (χ2v) is 7.47. The van der Waals surface area contributed by atoms with Crippen LogP contribution in [0.5, 0.6) is 0 Å². The van der Waals surface area contributed by atoms with Crippen molar-refractivity contribution in [3.63, 3.8) is 0 Å². The highest BCUT2D eigenvalue weighted by Gasteiger charge is 2.24. The molecule has 0 heteroatoms. The fourth-order valence-electron chi connectivity index (χ4n) is 2.17. The molecule has 0 spiro atoms. The normalized spacial score (nSPS) is 13.1. The van der Waals surface area contributed by atoms with E-state index >= 15 is 0 Å². The topological polar surface area (TPSA) is 0 Å². The molecular formula is C19H32. The molecule has 0 N–H and O–H groups in total. The molecule has 0 aromatic heterocycles. The lowest BCUT2D eigenvalue weighted by Gasteiger charge is -2.30. The van der Waals surface area contributed by atoms with E-state index in [1.807, 2.05) is 0 Å². The lowest BCUT2D eigenvalue weighted by Crippen LogP contribution is -2.20. The first-order chi connectivity index (χ1) is 8.64. The quantitative estimate of drug-likeness (QED) is 0.592. The average molecular weight is 260 g/mol. The van der Waals surface area contributed by atoms with E-state index < -0.39 is 0 Å². The Bertz CT molecular complexity index is 387. The predicted molar refractivity (Wildman–Crippen MR) is 87.2 cm³/mol. The molecule has 0 radical (unpaired) electrons. The van der Waals surface area contributed by atoms with Crippen LogP contribution in [0.3, 0.4) is 0 Å². The molecule has 0 aliphatic rings. The number of benzene rings is 1. The molecule has 0 heterocycles. The molecule has 0 unspecified atom stereocenters. The molecule has 0 aliphatic carbocycles. The Balaban J connectivity index is 3.43. The summed E-state index contributed by atoms with van der Waals surface area (Å²) in [5.74, 6) is 0.596. The zero-order valence-electron chi connectivity index (χ0n) is 14.2. The van der Waals surface area contributed by atoms with Gasteiger partial charge in [0.2, 0.25) is 0 Å². The molecule has 108 valence electrons. The molecule has 0 nitrogen and oxygen atoms in total. The third-order valence-corrected chi connectivity index (χ3v) is 4.95. The maximum absolute atomic E-state index is 2.44. The maximum Gasteiger partial charge on any atom is -0.0106 e. The molecule has 1 rings (SSSR count). The standard InChI is InChI=1S/C19H32/c1-9-18(5,6)16-11-15(14(3)4)12-17(13-16)19(7,8)10-2/h11-14H,9-10H2,1-8H3. The molecule has 1 aromatic rings. The highest BCUT2D eigenvalue weighted by Crippen LogP contribution is 2.35. The first kappa shape index (κ1) is 16.3. The third kappa shape index (κ3) is 3.61. The van der Waals surface area contributed by atoms with Gasteiger partial charge in [0, 0.05) is 0 Å². The summed E-state index contributed by atoms with van der Waals surface area (Å²) in [5.41, 5.74) is 5.01. The predicted octanol–water partition coefficient (Wildman–Crippen LogP) is 6.19. The fourth-order valence-corrected chi connectivity index (χ4v) is 2.17. The lowest BCUT2D eigenvalue weighted by molar-refractivity contribution is 0.487. The summed E-state index contributed by atoms with van der Waals surface area (Å²) in [5, 5.41) is 0. The van der Waals surface area contributed by atoms with Crippen molar-refractivity contribution in [2.24, 2.45) is 0 Å². The molecule has 0 fully saturated rings. The summed E-state index contributed by atoms with van der Waals surface area (Å²) in [6, 6.07) is 7.28. The van der Waals surface area contributed by atoms with Crippen molar-refractivity contribution in [3.05, 3.63) is 34.9 Å². The van der Waals surface area contributed by atoms with Crippen molar-refractivity contribution in [3.8, 4) is 0 Å². The Hall–Kier alpha value is -0.780. The summed E-state index contributed by atoms with van der Waals surface area (Å²) in [7, 11) is 0. The van der Waals surface area contributed by atoms with Crippen LogP contribution in [0, 0.1) is 0 Å². The highest BCUT2D eigenvalue weighted by molar-refractivity contribution is 5.39. The van der Waals surface area contributed by atoms with Crippen molar-refractivity contribution < 1.29 is 0 Å². The Morgan fingerprint density at radius 3 is 1.42 bits per heavy atom. The van der Waals surface area contributed by atoms with Gasteiger partial charge in [0.1, 0.15) is 0 Å². The van der Waals surface area contributed by atoms with Gasteiger partial charge in [-0.1, -0.05) is 73.6 Å².